The van der Waals surface area contributed by atoms with Gasteiger partial charge < -0.3 is 14.2 Å². The molecule has 0 aromatic heterocycles. The number of cyclic esters (lactones) is 2. The molecule has 0 unspecified atom stereocenters. The molecular formula is C24H22O5. The van der Waals surface area contributed by atoms with Gasteiger partial charge in [0.15, 0.2) is 5.92 Å². The number of methoxy groups -OCH3 is 1. The molecule has 29 heavy (non-hydrogen) atoms. The molecule has 0 N–H and O–H groups in total. The second-order valence-corrected chi connectivity index (χ2v) is 7.68. The number of esters is 2. The molecule has 5 nitrogen and oxygen atoms in total. The van der Waals surface area contributed by atoms with Crippen LogP contribution in [0.2, 0.25) is 0 Å². The Morgan fingerprint density at radius 1 is 0.828 bits per heavy atom. The van der Waals surface area contributed by atoms with Gasteiger partial charge in [0.25, 0.3) is 5.79 Å². The van der Waals surface area contributed by atoms with E-state index in [-0.39, 0.29) is 0 Å². The van der Waals surface area contributed by atoms with E-state index < -0.39 is 23.6 Å². The fourth-order valence-corrected chi connectivity index (χ4v) is 3.67. The van der Waals surface area contributed by atoms with Crippen LogP contribution in [-0.2, 0) is 19.1 Å². The van der Waals surface area contributed by atoms with Gasteiger partial charge in [0.2, 0.25) is 0 Å². The molecule has 5 heteroatoms. The third kappa shape index (κ3) is 3.56. The summed E-state index contributed by atoms with van der Waals surface area (Å²) in [5, 5.41) is 1.94. The third-order valence-corrected chi connectivity index (χ3v) is 5.09. The second-order valence-electron chi connectivity index (χ2n) is 7.68. The summed E-state index contributed by atoms with van der Waals surface area (Å²) in [4.78, 5) is 24.7. The fraction of sp³-hybridized carbons (Fsp3) is 0.250. The highest BCUT2D eigenvalue weighted by Gasteiger charge is 2.44. The molecule has 1 aliphatic rings. The first-order valence-corrected chi connectivity index (χ1v) is 9.42. The van der Waals surface area contributed by atoms with Gasteiger partial charge in [0, 0.05) is 13.8 Å². The maximum Gasteiger partial charge on any atom is 0.328 e. The number of carbonyl (C=O) groups is 2. The van der Waals surface area contributed by atoms with Gasteiger partial charge >= 0.3 is 11.9 Å². The molecule has 148 valence electrons. The number of hydrogen-bond acceptors (Lipinski definition) is 5. The molecule has 1 fully saturated rings. The average Bonchev–Trinajstić information content (AvgIpc) is 2.66. The zero-order chi connectivity index (χ0) is 20.8. The minimum absolute atomic E-state index is 0.566. The van der Waals surface area contributed by atoms with Crippen LogP contribution in [0.4, 0.5) is 0 Å². The van der Waals surface area contributed by atoms with Crippen LogP contribution in [0.5, 0.6) is 5.75 Å². The lowest BCUT2D eigenvalue weighted by atomic mass is 9.93. The van der Waals surface area contributed by atoms with E-state index in [0.29, 0.717) is 5.56 Å². The quantitative estimate of drug-likeness (QED) is 0.477. The first kappa shape index (κ1) is 19.0. The number of fused-ring (bicyclic) bond motifs is 1. The molecule has 4 rings (SSSR count). The summed E-state index contributed by atoms with van der Waals surface area (Å²) < 4.78 is 15.8. The zero-order valence-corrected chi connectivity index (χ0v) is 16.8. The molecule has 1 heterocycles. The third-order valence-electron chi connectivity index (χ3n) is 5.09. The number of rotatable bonds is 3. The van der Waals surface area contributed by atoms with Gasteiger partial charge in [-0.1, -0.05) is 30.3 Å². The van der Waals surface area contributed by atoms with E-state index in [0.717, 1.165) is 33.2 Å². The van der Waals surface area contributed by atoms with E-state index in [1.54, 1.807) is 27.0 Å². The second kappa shape index (κ2) is 6.92. The van der Waals surface area contributed by atoms with Crippen molar-refractivity contribution in [2.45, 2.75) is 32.5 Å². The summed E-state index contributed by atoms with van der Waals surface area (Å²) in [6, 6.07) is 17.7. The Kier molecular flexibility index (Phi) is 4.53. The number of ether oxygens (including phenoxy) is 3. The number of benzene rings is 3. The van der Waals surface area contributed by atoms with Crippen LogP contribution in [-0.4, -0.2) is 24.8 Å². The number of hydrogen-bond donors (Lipinski definition) is 0. The average molecular weight is 390 g/mol. The number of carbonyl (C=O) groups excluding carboxylic acids is 2. The van der Waals surface area contributed by atoms with E-state index in [1.807, 2.05) is 43.3 Å². The summed E-state index contributed by atoms with van der Waals surface area (Å²) in [7, 11) is 1.66. The van der Waals surface area contributed by atoms with Crippen molar-refractivity contribution in [1.29, 1.82) is 0 Å². The lowest BCUT2D eigenvalue weighted by Crippen LogP contribution is -2.45. The van der Waals surface area contributed by atoms with Gasteiger partial charge in [-0.3, -0.25) is 9.59 Å². The minimum Gasteiger partial charge on any atom is -0.496 e. The monoisotopic (exact) mass is 390 g/mol. The predicted molar refractivity (Wildman–Crippen MR) is 110 cm³/mol. The summed E-state index contributed by atoms with van der Waals surface area (Å²) in [5.74, 6) is -2.61. The summed E-state index contributed by atoms with van der Waals surface area (Å²) in [6.45, 7) is 5.10. The highest BCUT2D eigenvalue weighted by atomic mass is 16.7. The Bertz CT molecular complexity index is 1110. The predicted octanol–water partition coefficient (Wildman–Crippen LogP) is 4.74. The Morgan fingerprint density at radius 3 is 2.07 bits per heavy atom. The van der Waals surface area contributed by atoms with Crippen molar-refractivity contribution in [3.05, 3.63) is 65.7 Å². The van der Waals surface area contributed by atoms with Crippen LogP contribution in [0.3, 0.4) is 0 Å². The topological polar surface area (TPSA) is 61.8 Å². The summed E-state index contributed by atoms with van der Waals surface area (Å²) in [6.07, 6.45) is 0. The SMILES string of the molecule is COc1ccc(-c2ccc3cc(C4C(=O)OC(C)(C)OC4=O)ccc3c2)cc1C. The summed E-state index contributed by atoms with van der Waals surface area (Å²) >= 11 is 0. The summed E-state index contributed by atoms with van der Waals surface area (Å²) in [5.41, 5.74) is 3.80. The smallest absolute Gasteiger partial charge is 0.328 e. The molecule has 0 radical (unpaired) electrons. The maximum absolute atomic E-state index is 12.3. The Morgan fingerprint density at radius 2 is 1.41 bits per heavy atom. The highest BCUT2D eigenvalue weighted by molar-refractivity contribution is 6.03. The van der Waals surface area contributed by atoms with E-state index in [9.17, 15) is 9.59 Å². The van der Waals surface area contributed by atoms with E-state index in [4.69, 9.17) is 14.2 Å². The van der Waals surface area contributed by atoms with E-state index in [2.05, 4.69) is 12.1 Å². The van der Waals surface area contributed by atoms with E-state index >= 15 is 0 Å². The van der Waals surface area contributed by atoms with Crippen LogP contribution in [0.1, 0.15) is 30.9 Å². The maximum atomic E-state index is 12.3. The normalized spacial score (nSPS) is 16.4. The van der Waals surface area contributed by atoms with Crippen molar-refractivity contribution in [3.8, 4) is 16.9 Å². The van der Waals surface area contributed by atoms with Gasteiger partial charge in [-0.25, -0.2) is 0 Å². The van der Waals surface area contributed by atoms with Gasteiger partial charge in [-0.2, -0.15) is 0 Å². The van der Waals surface area contributed by atoms with Crippen LogP contribution in [0, 0.1) is 6.92 Å². The van der Waals surface area contributed by atoms with Crippen molar-refractivity contribution in [2.24, 2.45) is 0 Å². The van der Waals surface area contributed by atoms with Crippen LogP contribution < -0.4 is 4.74 Å². The van der Waals surface area contributed by atoms with Crippen LogP contribution in [0.25, 0.3) is 21.9 Å². The number of aryl methyl sites for hydroxylation is 1. The Labute approximate surface area is 169 Å². The molecule has 1 saturated heterocycles. The molecular weight excluding hydrogens is 368 g/mol. The first-order chi connectivity index (χ1) is 13.8. The standard InChI is InChI=1S/C24H22O5/c1-14-11-15(9-10-20(14)27-4)16-5-6-18-13-19(8-7-17(18)12-16)21-22(25)28-24(2,3)29-23(21)26/h5-13,21H,1-4H3. The molecule has 0 saturated carbocycles. The van der Waals surface area contributed by atoms with Gasteiger partial charge in [-0.05, 0) is 64.2 Å². The molecule has 3 aromatic rings. The minimum atomic E-state index is -1.23. The molecule has 0 aliphatic carbocycles. The van der Waals surface area contributed by atoms with Gasteiger partial charge in [0.05, 0.1) is 7.11 Å². The van der Waals surface area contributed by atoms with Crippen molar-refractivity contribution in [3.63, 3.8) is 0 Å². The van der Waals surface area contributed by atoms with Gasteiger partial charge in [0.1, 0.15) is 5.75 Å². The molecule has 0 spiro atoms. The van der Waals surface area contributed by atoms with Crippen molar-refractivity contribution in [2.75, 3.05) is 7.11 Å². The molecule has 0 amide bonds. The molecule has 3 aromatic carbocycles. The molecule has 0 bridgehead atoms. The van der Waals surface area contributed by atoms with E-state index in [1.165, 1.54) is 0 Å². The van der Waals surface area contributed by atoms with Crippen molar-refractivity contribution < 1.29 is 23.8 Å². The molecule has 0 atom stereocenters. The molecule has 1 aliphatic heterocycles. The highest BCUT2D eigenvalue weighted by Crippen LogP contribution is 2.33. The van der Waals surface area contributed by atoms with Crippen LogP contribution in [0.15, 0.2) is 54.6 Å². The van der Waals surface area contributed by atoms with Crippen molar-refractivity contribution in [1.82, 2.24) is 0 Å². The first-order valence-electron chi connectivity index (χ1n) is 9.42. The fourth-order valence-electron chi connectivity index (χ4n) is 3.67. The largest absolute Gasteiger partial charge is 0.496 e. The Hall–Kier alpha value is -3.34. The van der Waals surface area contributed by atoms with Crippen molar-refractivity contribution >= 4 is 22.7 Å². The van der Waals surface area contributed by atoms with Crippen LogP contribution >= 0.6 is 0 Å². The Balaban J connectivity index is 1.68. The van der Waals surface area contributed by atoms with Gasteiger partial charge in [-0.15, -0.1) is 0 Å². The zero-order valence-electron chi connectivity index (χ0n) is 16.8. The lowest BCUT2D eigenvalue weighted by molar-refractivity contribution is -0.234. The lowest BCUT2D eigenvalue weighted by Gasteiger charge is -2.33.